The molecule has 1 aliphatic heterocycles. The number of fused-ring (bicyclic) bond motifs is 1. The van der Waals surface area contributed by atoms with E-state index in [9.17, 15) is 18.8 Å². The van der Waals surface area contributed by atoms with Crippen molar-refractivity contribution in [2.24, 2.45) is 5.73 Å². The number of likely N-dealkylation sites (N-methyl/N-ethyl adjacent to an activating group) is 1. The summed E-state index contributed by atoms with van der Waals surface area (Å²) in [7, 11) is 1.56. The number of rotatable bonds is 6. The number of carbonyl (C=O) groups excluding carboxylic acids is 3. The number of hydrogen-bond donors (Lipinski definition) is 3. The maximum absolute atomic E-state index is 13.4. The summed E-state index contributed by atoms with van der Waals surface area (Å²) in [4.78, 5) is 36.0. The maximum Gasteiger partial charge on any atom is 0.251 e. The number of amides is 3. The number of primary amides is 1. The Bertz CT molecular complexity index is 1230. The van der Waals surface area contributed by atoms with Gasteiger partial charge < -0.3 is 21.1 Å². The van der Waals surface area contributed by atoms with Gasteiger partial charge in [-0.15, -0.1) is 0 Å². The van der Waals surface area contributed by atoms with Crippen molar-refractivity contribution < 1.29 is 23.5 Å². The van der Waals surface area contributed by atoms with Gasteiger partial charge >= 0.3 is 0 Å². The summed E-state index contributed by atoms with van der Waals surface area (Å²) in [5.41, 5.74) is 8.39. The summed E-state index contributed by atoms with van der Waals surface area (Å²) in [6, 6.07) is 18.3. The van der Waals surface area contributed by atoms with Crippen molar-refractivity contribution in [2.45, 2.75) is 12.0 Å². The molecule has 0 fully saturated rings. The molecule has 1 aliphatic rings. The average Bonchev–Trinajstić information content (AvgIpc) is 3.21. The molecule has 1 heterocycles. The standard InChI is InChI=1S/C25H22FN3O4/c1-28-25(32)22-19-12-16(15-3-2-4-17(11-15)24(31)29-13-21(27)30)7-10-20(19)33-23(22)14-5-8-18(26)9-6-14/h2-12,22-23H,13H2,1H3,(H2,27,30)(H,28,32)(H,29,31). The number of hydrogen-bond acceptors (Lipinski definition) is 4. The lowest BCUT2D eigenvalue weighted by molar-refractivity contribution is -0.123. The largest absolute Gasteiger partial charge is 0.484 e. The zero-order valence-corrected chi connectivity index (χ0v) is 17.8. The van der Waals surface area contributed by atoms with Crippen LogP contribution in [-0.4, -0.2) is 31.3 Å². The van der Waals surface area contributed by atoms with E-state index in [4.69, 9.17) is 10.5 Å². The van der Waals surface area contributed by atoms with Crippen LogP contribution in [0.25, 0.3) is 11.1 Å². The van der Waals surface area contributed by atoms with E-state index in [0.29, 0.717) is 22.4 Å². The molecule has 3 aromatic carbocycles. The second-order valence-corrected chi connectivity index (χ2v) is 7.66. The fourth-order valence-corrected chi connectivity index (χ4v) is 3.90. The van der Waals surface area contributed by atoms with Crippen molar-refractivity contribution >= 4 is 17.7 Å². The molecule has 2 atom stereocenters. The highest BCUT2D eigenvalue weighted by molar-refractivity contribution is 5.97. The molecule has 0 saturated heterocycles. The van der Waals surface area contributed by atoms with Gasteiger partial charge in [0.1, 0.15) is 23.6 Å². The molecule has 8 heteroatoms. The molecule has 3 amide bonds. The highest BCUT2D eigenvalue weighted by Crippen LogP contribution is 2.47. The predicted octanol–water partition coefficient (Wildman–Crippen LogP) is 2.67. The van der Waals surface area contributed by atoms with E-state index in [1.54, 1.807) is 43.4 Å². The van der Waals surface area contributed by atoms with Crippen molar-refractivity contribution in [1.29, 1.82) is 0 Å². The molecule has 2 unspecified atom stereocenters. The zero-order chi connectivity index (χ0) is 23.5. The van der Waals surface area contributed by atoms with Crippen molar-refractivity contribution in [3.8, 4) is 16.9 Å². The molecule has 4 rings (SSSR count). The third-order valence-corrected chi connectivity index (χ3v) is 5.51. The summed E-state index contributed by atoms with van der Waals surface area (Å²) in [5.74, 6) is -1.70. The molecular formula is C25H22FN3O4. The van der Waals surface area contributed by atoms with Crippen LogP contribution < -0.4 is 21.1 Å². The Morgan fingerprint density at radius 2 is 1.73 bits per heavy atom. The van der Waals surface area contributed by atoms with E-state index in [1.807, 2.05) is 18.2 Å². The second kappa shape index (κ2) is 9.12. The monoisotopic (exact) mass is 447 g/mol. The summed E-state index contributed by atoms with van der Waals surface area (Å²) in [6.45, 7) is -0.252. The van der Waals surface area contributed by atoms with Gasteiger partial charge in [-0.2, -0.15) is 0 Å². The molecule has 0 bridgehead atoms. The number of halogens is 1. The van der Waals surface area contributed by atoms with Crippen LogP contribution in [-0.2, 0) is 9.59 Å². The Labute approximate surface area is 189 Å². The van der Waals surface area contributed by atoms with Gasteiger partial charge in [-0.05, 0) is 53.1 Å². The molecule has 0 aliphatic carbocycles. The maximum atomic E-state index is 13.4. The van der Waals surface area contributed by atoms with Gasteiger partial charge in [0.05, 0.1) is 6.54 Å². The van der Waals surface area contributed by atoms with Gasteiger partial charge in [-0.1, -0.05) is 30.3 Å². The van der Waals surface area contributed by atoms with Gasteiger partial charge in [-0.25, -0.2) is 4.39 Å². The van der Waals surface area contributed by atoms with Gasteiger partial charge in [-0.3, -0.25) is 14.4 Å². The molecule has 0 aromatic heterocycles. The summed E-state index contributed by atoms with van der Waals surface area (Å²) < 4.78 is 19.5. The molecule has 0 spiro atoms. The normalized spacial score (nSPS) is 16.4. The topological polar surface area (TPSA) is 111 Å². The first kappa shape index (κ1) is 22.0. The molecule has 4 N–H and O–H groups in total. The number of nitrogens with two attached hydrogens (primary N) is 1. The fraction of sp³-hybridized carbons (Fsp3) is 0.160. The van der Waals surface area contributed by atoms with Gasteiger partial charge in [0.25, 0.3) is 5.91 Å². The van der Waals surface area contributed by atoms with Crippen LogP contribution in [0.3, 0.4) is 0 Å². The number of benzene rings is 3. The lowest BCUT2D eigenvalue weighted by atomic mass is 9.88. The Hall–Kier alpha value is -4.20. The average molecular weight is 447 g/mol. The molecule has 7 nitrogen and oxygen atoms in total. The number of nitrogens with one attached hydrogen (secondary N) is 2. The quantitative estimate of drug-likeness (QED) is 0.540. The van der Waals surface area contributed by atoms with Crippen LogP contribution in [0.4, 0.5) is 4.39 Å². The van der Waals surface area contributed by atoms with E-state index in [0.717, 1.165) is 11.1 Å². The van der Waals surface area contributed by atoms with Crippen LogP contribution in [0.5, 0.6) is 5.75 Å². The Morgan fingerprint density at radius 3 is 2.42 bits per heavy atom. The Morgan fingerprint density at radius 1 is 1.00 bits per heavy atom. The van der Waals surface area contributed by atoms with Crippen molar-refractivity contribution in [1.82, 2.24) is 10.6 Å². The zero-order valence-electron chi connectivity index (χ0n) is 17.8. The first-order valence-corrected chi connectivity index (χ1v) is 10.3. The molecular weight excluding hydrogens is 425 g/mol. The van der Waals surface area contributed by atoms with Gasteiger partial charge in [0.2, 0.25) is 11.8 Å². The SMILES string of the molecule is CNC(=O)C1c2cc(-c3cccc(C(=O)NCC(N)=O)c3)ccc2OC1c1ccc(F)cc1. The van der Waals surface area contributed by atoms with Crippen molar-refractivity contribution in [2.75, 3.05) is 13.6 Å². The Kier molecular flexibility index (Phi) is 6.08. The smallest absolute Gasteiger partial charge is 0.251 e. The number of ether oxygens (including phenoxy) is 1. The second-order valence-electron chi connectivity index (χ2n) is 7.66. The van der Waals surface area contributed by atoms with Crippen LogP contribution in [0.1, 0.15) is 33.5 Å². The first-order chi connectivity index (χ1) is 15.9. The highest BCUT2D eigenvalue weighted by Gasteiger charge is 2.40. The Balaban J connectivity index is 1.68. The van der Waals surface area contributed by atoms with Gasteiger partial charge in [0, 0.05) is 18.2 Å². The third kappa shape index (κ3) is 4.55. The van der Waals surface area contributed by atoms with E-state index in [1.165, 1.54) is 12.1 Å². The number of carbonyl (C=O) groups is 3. The minimum absolute atomic E-state index is 0.222. The van der Waals surface area contributed by atoms with Crippen LogP contribution in [0, 0.1) is 5.82 Å². The van der Waals surface area contributed by atoms with E-state index in [-0.39, 0.29) is 18.3 Å². The summed E-state index contributed by atoms with van der Waals surface area (Å²) in [5, 5.41) is 5.14. The van der Waals surface area contributed by atoms with Crippen molar-refractivity contribution in [3.05, 3.63) is 89.2 Å². The van der Waals surface area contributed by atoms with Crippen LogP contribution >= 0.6 is 0 Å². The summed E-state index contributed by atoms with van der Waals surface area (Å²) >= 11 is 0. The molecule has 168 valence electrons. The molecule has 33 heavy (non-hydrogen) atoms. The van der Waals surface area contributed by atoms with Gasteiger partial charge in [0.15, 0.2) is 0 Å². The predicted molar refractivity (Wildman–Crippen MR) is 120 cm³/mol. The van der Waals surface area contributed by atoms with Crippen LogP contribution in [0.2, 0.25) is 0 Å². The molecule has 3 aromatic rings. The third-order valence-electron chi connectivity index (χ3n) is 5.51. The lowest BCUT2D eigenvalue weighted by Gasteiger charge is -2.18. The minimum Gasteiger partial charge on any atom is -0.484 e. The van der Waals surface area contributed by atoms with E-state index in [2.05, 4.69) is 10.6 Å². The highest BCUT2D eigenvalue weighted by atomic mass is 19.1. The molecule has 0 saturated carbocycles. The molecule has 0 radical (unpaired) electrons. The van der Waals surface area contributed by atoms with Crippen LogP contribution in [0.15, 0.2) is 66.7 Å². The summed E-state index contributed by atoms with van der Waals surface area (Å²) in [6.07, 6.45) is -0.596. The minimum atomic E-state index is -0.630. The first-order valence-electron chi connectivity index (χ1n) is 10.3. The van der Waals surface area contributed by atoms with E-state index >= 15 is 0 Å². The lowest BCUT2D eigenvalue weighted by Crippen LogP contribution is -2.33. The van der Waals surface area contributed by atoms with Crippen molar-refractivity contribution in [3.63, 3.8) is 0 Å². The van der Waals surface area contributed by atoms with E-state index < -0.39 is 23.8 Å². The fourth-order valence-electron chi connectivity index (χ4n) is 3.90.